The van der Waals surface area contributed by atoms with E-state index < -0.39 is 0 Å². The third kappa shape index (κ3) is 4.10. The molecule has 1 saturated heterocycles. The van der Waals surface area contributed by atoms with Gasteiger partial charge in [0.2, 0.25) is 0 Å². The van der Waals surface area contributed by atoms with Gasteiger partial charge in [-0.05, 0) is 43.0 Å². The van der Waals surface area contributed by atoms with Crippen LogP contribution >= 0.6 is 12.4 Å². The second kappa shape index (κ2) is 8.81. The van der Waals surface area contributed by atoms with E-state index in [2.05, 4.69) is 36.1 Å². The largest absolute Gasteiger partial charge is 0.452 e. The molecule has 3 rings (SSSR count). The Hall–Kier alpha value is -2.14. The molecule has 0 bridgehead atoms. The van der Waals surface area contributed by atoms with Crippen molar-refractivity contribution in [2.45, 2.75) is 32.2 Å². The highest BCUT2D eigenvalue weighted by atomic mass is 35.5. The molecule has 0 aliphatic carbocycles. The summed E-state index contributed by atoms with van der Waals surface area (Å²) in [5.41, 5.74) is 2.70. The number of halogens is 1. The summed E-state index contributed by atoms with van der Waals surface area (Å²) >= 11 is 0. The summed E-state index contributed by atoms with van der Waals surface area (Å²) in [6, 6.07) is 12.6. The molecule has 1 aromatic heterocycles. The lowest BCUT2D eigenvalue weighted by Gasteiger charge is -2.39. The number of nitrogens with zero attached hydrogens (tertiary/aromatic N) is 3. The van der Waals surface area contributed by atoms with E-state index in [1.54, 1.807) is 5.01 Å². The molecule has 1 fully saturated rings. The minimum absolute atomic E-state index is 0. The van der Waals surface area contributed by atoms with E-state index in [1.165, 1.54) is 18.4 Å². The molecule has 0 atom stereocenters. The highest BCUT2D eigenvalue weighted by Gasteiger charge is 2.30. The van der Waals surface area contributed by atoms with Crippen LogP contribution in [0.5, 0.6) is 0 Å². The van der Waals surface area contributed by atoms with E-state index in [-0.39, 0.29) is 24.5 Å². The molecule has 5 nitrogen and oxygen atoms in total. The number of aryl methyl sites for hydroxylation is 1. The molecule has 6 heteroatoms. The molecule has 0 spiro atoms. The van der Waals surface area contributed by atoms with Gasteiger partial charge in [-0.3, -0.25) is 4.68 Å². The highest BCUT2D eigenvalue weighted by Crippen LogP contribution is 2.26. The van der Waals surface area contributed by atoms with Crippen LogP contribution in [0.2, 0.25) is 0 Å². The zero-order chi connectivity index (χ0) is 16.9. The van der Waals surface area contributed by atoms with Crippen LogP contribution in [-0.2, 0) is 11.2 Å². The summed E-state index contributed by atoms with van der Waals surface area (Å²) in [5, 5.41) is 1.73. The summed E-state index contributed by atoms with van der Waals surface area (Å²) in [6.07, 6.45) is 6.34. The van der Waals surface area contributed by atoms with Gasteiger partial charge in [-0.2, -0.15) is 0 Å². The Morgan fingerprint density at radius 1 is 1.16 bits per heavy atom. The number of rotatable bonds is 4. The van der Waals surface area contributed by atoms with Crippen LogP contribution in [-0.4, -0.2) is 37.0 Å². The zero-order valence-corrected chi connectivity index (χ0v) is 15.6. The maximum Gasteiger partial charge on any atom is 0.429 e. The van der Waals surface area contributed by atoms with E-state index in [4.69, 9.17) is 4.74 Å². The number of para-hydroxylation sites is 1. The Bertz CT molecular complexity index is 667. The molecule has 0 saturated carbocycles. The number of aromatic nitrogens is 1. The average molecular weight is 364 g/mol. The topological polar surface area (TPSA) is 37.7 Å². The van der Waals surface area contributed by atoms with Gasteiger partial charge in [-0.15, -0.1) is 12.4 Å². The Kier molecular flexibility index (Phi) is 6.76. The molecular weight excluding hydrogens is 338 g/mol. The second-order valence-electron chi connectivity index (χ2n) is 6.08. The number of anilines is 1. The van der Waals surface area contributed by atoms with E-state index in [0.29, 0.717) is 0 Å². The molecule has 2 heterocycles. The van der Waals surface area contributed by atoms with E-state index >= 15 is 0 Å². The van der Waals surface area contributed by atoms with Gasteiger partial charge < -0.3 is 9.64 Å². The van der Waals surface area contributed by atoms with Crippen molar-refractivity contribution in [3.63, 3.8) is 0 Å². The Morgan fingerprint density at radius 3 is 2.40 bits per heavy atom. The molecular formula is C19H26ClN3O2. The first-order chi connectivity index (χ1) is 11.7. The van der Waals surface area contributed by atoms with Crippen molar-refractivity contribution in [3.05, 3.63) is 54.4 Å². The van der Waals surface area contributed by atoms with Gasteiger partial charge in [0.05, 0.1) is 13.2 Å². The van der Waals surface area contributed by atoms with Crippen molar-refractivity contribution in [2.75, 3.05) is 30.1 Å². The normalized spacial score (nSPS) is 14.7. The molecule has 1 amide bonds. The quantitative estimate of drug-likeness (QED) is 0.828. The van der Waals surface area contributed by atoms with Gasteiger partial charge >= 0.3 is 6.09 Å². The minimum atomic E-state index is -0.307. The van der Waals surface area contributed by atoms with E-state index in [1.807, 2.05) is 29.2 Å². The van der Waals surface area contributed by atoms with Gasteiger partial charge in [-0.1, -0.05) is 25.1 Å². The molecule has 0 radical (unpaired) electrons. The van der Waals surface area contributed by atoms with Crippen LogP contribution in [0.3, 0.4) is 0 Å². The van der Waals surface area contributed by atoms with Crippen molar-refractivity contribution in [3.8, 4) is 0 Å². The number of piperidine rings is 1. The fraction of sp³-hybridized carbons (Fsp3) is 0.421. The van der Waals surface area contributed by atoms with Crippen LogP contribution < -0.4 is 9.91 Å². The fourth-order valence-corrected chi connectivity index (χ4v) is 3.46. The van der Waals surface area contributed by atoms with Crippen LogP contribution in [0.15, 0.2) is 48.8 Å². The Balaban J connectivity index is 0.00000225. The average Bonchev–Trinajstić information content (AvgIpc) is 3.16. The van der Waals surface area contributed by atoms with Crippen molar-refractivity contribution >= 4 is 24.2 Å². The highest BCUT2D eigenvalue weighted by molar-refractivity contribution is 5.85. The molecule has 1 aliphatic heterocycles. The number of ether oxygens (including phenoxy) is 1. The van der Waals surface area contributed by atoms with Crippen molar-refractivity contribution < 1.29 is 9.53 Å². The van der Waals surface area contributed by atoms with Crippen LogP contribution in [0.1, 0.15) is 25.3 Å². The molecule has 0 N–H and O–H groups in total. The van der Waals surface area contributed by atoms with Crippen LogP contribution in [0.25, 0.3) is 0 Å². The van der Waals surface area contributed by atoms with Crippen LogP contribution in [0, 0.1) is 0 Å². The number of amides is 1. The molecule has 1 aliphatic rings. The Labute approximate surface area is 155 Å². The number of hydrogen-bond donors (Lipinski definition) is 0. The number of benzene rings is 1. The predicted molar refractivity (Wildman–Crippen MR) is 103 cm³/mol. The maximum atomic E-state index is 12.2. The third-order valence-corrected chi connectivity index (χ3v) is 4.72. The zero-order valence-electron chi connectivity index (χ0n) is 14.8. The standard InChI is InChI=1S/C19H25N3O2.ClH/c1-3-16-8-4-5-9-18(16)20-14-10-17(11-15-20)22(19(23)24-2)21-12-6-7-13-21;/h4-9,12-13,17H,3,10-11,14-15H2,1-2H3;1H. The van der Waals surface area contributed by atoms with Gasteiger partial charge in [-0.25, -0.2) is 9.80 Å². The molecule has 136 valence electrons. The first-order valence-electron chi connectivity index (χ1n) is 8.58. The molecule has 2 aromatic rings. The predicted octanol–water partition coefficient (Wildman–Crippen LogP) is 3.85. The monoisotopic (exact) mass is 363 g/mol. The lowest BCUT2D eigenvalue weighted by atomic mass is 10.0. The smallest absolute Gasteiger partial charge is 0.429 e. The van der Waals surface area contributed by atoms with E-state index in [9.17, 15) is 4.79 Å². The first-order valence-corrected chi connectivity index (χ1v) is 8.58. The summed E-state index contributed by atoms with van der Waals surface area (Å²) < 4.78 is 6.82. The fourth-order valence-electron chi connectivity index (χ4n) is 3.46. The number of carbonyl (C=O) groups is 1. The number of methoxy groups -OCH3 is 1. The lowest BCUT2D eigenvalue weighted by molar-refractivity contribution is 0.165. The summed E-state index contributed by atoms with van der Waals surface area (Å²) in [5.74, 6) is 0. The van der Waals surface area contributed by atoms with Gasteiger partial charge in [0.25, 0.3) is 0 Å². The number of hydrogen-bond acceptors (Lipinski definition) is 3. The van der Waals surface area contributed by atoms with Gasteiger partial charge in [0.1, 0.15) is 0 Å². The summed E-state index contributed by atoms with van der Waals surface area (Å²) in [7, 11) is 1.44. The molecule has 0 unspecified atom stereocenters. The van der Waals surface area contributed by atoms with Crippen molar-refractivity contribution in [1.29, 1.82) is 0 Å². The van der Waals surface area contributed by atoms with Crippen molar-refractivity contribution in [2.24, 2.45) is 0 Å². The van der Waals surface area contributed by atoms with Gasteiger partial charge in [0.15, 0.2) is 0 Å². The van der Waals surface area contributed by atoms with Gasteiger partial charge in [0, 0.05) is 31.2 Å². The molecule has 1 aromatic carbocycles. The van der Waals surface area contributed by atoms with Crippen LogP contribution in [0.4, 0.5) is 10.5 Å². The molecule has 25 heavy (non-hydrogen) atoms. The second-order valence-corrected chi connectivity index (χ2v) is 6.08. The van der Waals surface area contributed by atoms with E-state index in [0.717, 1.165) is 32.4 Å². The lowest BCUT2D eigenvalue weighted by Crippen LogP contribution is -2.52. The summed E-state index contributed by atoms with van der Waals surface area (Å²) in [4.78, 5) is 14.7. The van der Waals surface area contributed by atoms with Crippen molar-refractivity contribution in [1.82, 2.24) is 4.68 Å². The maximum absolute atomic E-state index is 12.2. The Morgan fingerprint density at radius 2 is 1.80 bits per heavy atom. The summed E-state index contributed by atoms with van der Waals surface area (Å²) in [6.45, 7) is 4.07. The SMILES string of the molecule is CCc1ccccc1N1CCC(N(C(=O)OC)n2cccc2)CC1.Cl. The number of carbonyl (C=O) groups excluding carboxylic acids is 1. The minimum Gasteiger partial charge on any atom is -0.452 e. The third-order valence-electron chi connectivity index (χ3n) is 4.72. The first kappa shape index (κ1) is 19.2.